The zero-order chi connectivity index (χ0) is 22.2. The van der Waals surface area contributed by atoms with Crippen LogP contribution >= 0.6 is 24.0 Å². The van der Waals surface area contributed by atoms with Gasteiger partial charge in [0.15, 0.2) is 5.11 Å². The molecule has 0 saturated carbocycles. The normalized spacial score (nSPS) is 11.3. The Hall–Kier alpha value is -3.10. The lowest BCUT2D eigenvalue weighted by atomic mass is 10.3. The Kier molecular flexibility index (Phi) is 7.86. The van der Waals surface area contributed by atoms with Gasteiger partial charge in [-0.3, -0.25) is 4.79 Å². The first kappa shape index (κ1) is 22.6. The van der Waals surface area contributed by atoms with Crippen LogP contribution in [0.1, 0.15) is 6.92 Å². The maximum atomic E-state index is 13.0. The highest BCUT2D eigenvalue weighted by molar-refractivity contribution is 8.00. The van der Waals surface area contributed by atoms with Crippen molar-refractivity contribution in [3.8, 4) is 5.75 Å². The lowest BCUT2D eigenvalue weighted by molar-refractivity contribution is -0.115. The molecule has 0 spiro atoms. The van der Waals surface area contributed by atoms with E-state index in [1.807, 2.05) is 55.5 Å². The van der Waals surface area contributed by atoms with Gasteiger partial charge in [0.25, 0.3) is 0 Å². The second kappa shape index (κ2) is 10.8. The quantitative estimate of drug-likeness (QED) is 0.311. The highest BCUT2D eigenvalue weighted by Crippen LogP contribution is 2.27. The standard InChI is InChI=1S/C23H22FN3O2S2/c1-15(22(28)25-17-12-10-16(24)11-13-17)31-19-7-5-6-18(14-19)26-23(30)27-20-8-3-4-9-21(20)29-2/h3-15H,1-2H3,(H,25,28)(H2,26,27,30). The van der Waals surface area contributed by atoms with Crippen LogP contribution in [0.3, 0.4) is 0 Å². The Labute approximate surface area is 190 Å². The Bertz CT molecular complexity index is 1060. The fourth-order valence-corrected chi connectivity index (χ4v) is 3.87. The van der Waals surface area contributed by atoms with E-state index in [9.17, 15) is 9.18 Å². The van der Waals surface area contributed by atoms with Gasteiger partial charge in [0.2, 0.25) is 5.91 Å². The summed E-state index contributed by atoms with van der Waals surface area (Å²) in [7, 11) is 1.60. The summed E-state index contributed by atoms with van der Waals surface area (Å²) < 4.78 is 18.3. The second-order valence-electron chi connectivity index (χ2n) is 6.56. The summed E-state index contributed by atoms with van der Waals surface area (Å²) in [6.07, 6.45) is 0. The van der Waals surface area contributed by atoms with Gasteiger partial charge in [0.05, 0.1) is 18.0 Å². The third-order valence-electron chi connectivity index (χ3n) is 4.24. The summed E-state index contributed by atoms with van der Waals surface area (Å²) in [4.78, 5) is 13.4. The van der Waals surface area contributed by atoms with Crippen molar-refractivity contribution in [1.82, 2.24) is 0 Å². The molecule has 0 fully saturated rings. The molecule has 0 aliphatic heterocycles. The Balaban J connectivity index is 1.58. The summed E-state index contributed by atoms with van der Waals surface area (Å²) in [6, 6.07) is 20.8. The average Bonchev–Trinajstić information content (AvgIpc) is 2.76. The fraction of sp³-hybridized carbons (Fsp3) is 0.130. The number of hydrogen-bond donors (Lipinski definition) is 3. The summed E-state index contributed by atoms with van der Waals surface area (Å²) in [5.74, 6) is 0.183. The van der Waals surface area contributed by atoms with Crippen LogP contribution in [-0.2, 0) is 4.79 Å². The van der Waals surface area contributed by atoms with Crippen molar-refractivity contribution < 1.29 is 13.9 Å². The van der Waals surface area contributed by atoms with E-state index in [0.29, 0.717) is 16.5 Å². The van der Waals surface area contributed by atoms with Gasteiger partial charge in [0.1, 0.15) is 11.6 Å². The number of methoxy groups -OCH3 is 1. The molecule has 0 heterocycles. The first-order valence-electron chi connectivity index (χ1n) is 9.49. The number of carbonyl (C=O) groups excluding carboxylic acids is 1. The van der Waals surface area contributed by atoms with Crippen LogP contribution in [0.4, 0.5) is 21.5 Å². The van der Waals surface area contributed by atoms with E-state index in [1.165, 1.54) is 36.0 Å². The third-order valence-corrected chi connectivity index (χ3v) is 5.54. The summed E-state index contributed by atoms with van der Waals surface area (Å²) in [5.41, 5.74) is 2.12. The number of halogens is 1. The van der Waals surface area contributed by atoms with Crippen molar-refractivity contribution in [2.75, 3.05) is 23.1 Å². The van der Waals surface area contributed by atoms with Crippen LogP contribution in [0, 0.1) is 5.82 Å². The van der Waals surface area contributed by atoms with Crippen LogP contribution < -0.4 is 20.7 Å². The lowest BCUT2D eigenvalue weighted by Crippen LogP contribution is -2.22. The third kappa shape index (κ3) is 6.70. The Morgan fingerprint density at radius 1 is 0.968 bits per heavy atom. The summed E-state index contributed by atoms with van der Waals surface area (Å²) in [6.45, 7) is 1.82. The summed E-state index contributed by atoms with van der Waals surface area (Å²) in [5, 5.41) is 9.13. The predicted octanol–water partition coefficient (Wildman–Crippen LogP) is 5.76. The maximum absolute atomic E-state index is 13.0. The number of amides is 1. The minimum Gasteiger partial charge on any atom is -0.495 e. The van der Waals surface area contributed by atoms with Crippen molar-refractivity contribution in [3.05, 3.63) is 78.6 Å². The molecule has 3 N–H and O–H groups in total. The van der Waals surface area contributed by atoms with Crippen LogP contribution in [-0.4, -0.2) is 23.4 Å². The van der Waals surface area contributed by atoms with E-state index in [1.54, 1.807) is 7.11 Å². The number of rotatable bonds is 7. The molecule has 31 heavy (non-hydrogen) atoms. The molecule has 1 unspecified atom stereocenters. The number of thioether (sulfide) groups is 1. The monoisotopic (exact) mass is 455 g/mol. The number of thiocarbonyl (C=S) groups is 1. The topological polar surface area (TPSA) is 62.4 Å². The SMILES string of the molecule is COc1ccccc1NC(=S)Nc1cccc(SC(C)C(=O)Nc2ccc(F)cc2)c1. The minimum absolute atomic E-state index is 0.164. The van der Waals surface area contributed by atoms with Crippen LogP contribution in [0.5, 0.6) is 5.75 Å². The summed E-state index contributed by atoms with van der Waals surface area (Å²) >= 11 is 6.82. The van der Waals surface area contributed by atoms with Crippen molar-refractivity contribution in [2.45, 2.75) is 17.1 Å². The first-order chi connectivity index (χ1) is 14.9. The van der Waals surface area contributed by atoms with E-state index >= 15 is 0 Å². The number of anilines is 3. The van der Waals surface area contributed by atoms with E-state index in [4.69, 9.17) is 17.0 Å². The molecule has 0 aromatic heterocycles. The highest BCUT2D eigenvalue weighted by Gasteiger charge is 2.15. The number of nitrogens with one attached hydrogen (secondary N) is 3. The largest absolute Gasteiger partial charge is 0.495 e. The molecule has 160 valence electrons. The molecule has 5 nitrogen and oxygen atoms in total. The molecule has 1 amide bonds. The van der Waals surface area contributed by atoms with Gasteiger partial charge in [-0.25, -0.2) is 4.39 Å². The molecule has 0 radical (unpaired) electrons. The average molecular weight is 456 g/mol. The van der Waals surface area contributed by atoms with Crippen LogP contribution in [0.2, 0.25) is 0 Å². The number of benzene rings is 3. The number of ether oxygens (including phenoxy) is 1. The van der Waals surface area contributed by atoms with Crippen molar-refractivity contribution in [1.29, 1.82) is 0 Å². The van der Waals surface area contributed by atoms with Gasteiger partial charge in [0, 0.05) is 16.3 Å². The molecule has 1 atom stereocenters. The molecule has 3 rings (SSSR count). The van der Waals surface area contributed by atoms with Gasteiger partial charge in [-0.2, -0.15) is 0 Å². The van der Waals surface area contributed by atoms with Crippen molar-refractivity contribution in [2.24, 2.45) is 0 Å². The van der Waals surface area contributed by atoms with Gasteiger partial charge < -0.3 is 20.7 Å². The van der Waals surface area contributed by atoms with Gasteiger partial charge in [-0.15, -0.1) is 11.8 Å². The molecule has 0 aliphatic rings. The molecule has 8 heteroatoms. The number of para-hydroxylation sites is 2. The molecule has 3 aromatic carbocycles. The highest BCUT2D eigenvalue weighted by atomic mass is 32.2. The van der Waals surface area contributed by atoms with E-state index in [0.717, 1.165) is 16.3 Å². The molecular formula is C23H22FN3O2S2. The zero-order valence-corrected chi connectivity index (χ0v) is 18.6. The van der Waals surface area contributed by atoms with E-state index in [2.05, 4.69) is 16.0 Å². The molecule has 0 bridgehead atoms. The molecular weight excluding hydrogens is 433 g/mol. The predicted molar refractivity (Wildman–Crippen MR) is 130 cm³/mol. The Morgan fingerprint density at radius 3 is 2.45 bits per heavy atom. The number of carbonyl (C=O) groups is 1. The van der Waals surface area contributed by atoms with Crippen molar-refractivity contribution in [3.63, 3.8) is 0 Å². The maximum Gasteiger partial charge on any atom is 0.237 e. The van der Waals surface area contributed by atoms with Crippen molar-refractivity contribution >= 4 is 52.1 Å². The second-order valence-corrected chi connectivity index (χ2v) is 8.39. The minimum atomic E-state index is -0.348. The van der Waals surface area contributed by atoms with E-state index < -0.39 is 0 Å². The molecule has 0 aliphatic carbocycles. The number of hydrogen-bond acceptors (Lipinski definition) is 4. The zero-order valence-electron chi connectivity index (χ0n) is 17.0. The fourth-order valence-electron chi connectivity index (χ4n) is 2.71. The smallest absolute Gasteiger partial charge is 0.237 e. The Morgan fingerprint density at radius 2 is 1.71 bits per heavy atom. The van der Waals surface area contributed by atoms with Gasteiger partial charge >= 0.3 is 0 Å². The van der Waals surface area contributed by atoms with E-state index in [-0.39, 0.29) is 17.0 Å². The first-order valence-corrected chi connectivity index (χ1v) is 10.8. The molecule has 3 aromatic rings. The lowest BCUT2D eigenvalue weighted by Gasteiger charge is -2.15. The van der Waals surface area contributed by atoms with Crippen LogP contribution in [0.25, 0.3) is 0 Å². The van der Waals surface area contributed by atoms with Gasteiger partial charge in [-0.1, -0.05) is 18.2 Å². The van der Waals surface area contributed by atoms with Gasteiger partial charge in [-0.05, 0) is 73.7 Å². The molecule has 0 saturated heterocycles. The van der Waals surface area contributed by atoms with Crippen LogP contribution in [0.15, 0.2) is 77.7 Å².